The van der Waals surface area contributed by atoms with Crippen LogP contribution in [0.4, 0.5) is 18.2 Å². The van der Waals surface area contributed by atoms with Gasteiger partial charge in [0, 0.05) is 16.4 Å². The normalized spacial score (nSPS) is 12.3. The van der Waals surface area contributed by atoms with Crippen molar-refractivity contribution in [3.8, 4) is 0 Å². The number of fused-ring (bicyclic) bond motifs is 1. The van der Waals surface area contributed by atoms with Crippen LogP contribution in [-0.4, -0.2) is 33.6 Å². The van der Waals surface area contributed by atoms with Crippen molar-refractivity contribution in [2.24, 2.45) is 0 Å². The Morgan fingerprint density at radius 2 is 1.83 bits per heavy atom. The molecule has 3 rings (SSSR count). The molecule has 0 atom stereocenters. The minimum atomic E-state index is -4.69. The highest BCUT2D eigenvalue weighted by atomic mass is 32.1. The first-order valence-corrected chi connectivity index (χ1v) is 9.61. The van der Waals surface area contributed by atoms with Gasteiger partial charge >= 0.3 is 12.1 Å². The van der Waals surface area contributed by atoms with Crippen molar-refractivity contribution in [2.45, 2.75) is 39.3 Å². The maximum absolute atomic E-state index is 13.6. The first-order chi connectivity index (χ1) is 13.8. The first kappa shape index (κ1) is 21.8. The molecule has 0 spiro atoms. The Bertz CT molecular complexity index is 1140. The molecule has 0 aliphatic carbocycles. The summed E-state index contributed by atoms with van der Waals surface area (Å²) in [6.07, 6.45) is -4.69. The van der Waals surface area contributed by atoms with E-state index >= 15 is 0 Å². The molecule has 0 aliphatic heterocycles. The van der Waals surface area contributed by atoms with Crippen LogP contribution in [0.5, 0.6) is 0 Å². The molecule has 3 heterocycles. The van der Waals surface area contributed by atoms with Crippen molar-refractivity contribution in [2.75, 3.05) is 12.4 Å². The third kappa shape index (κ3) is 4.16. The summed E-state index contributed by atoms with van der Waals surface area (Å²) in [5.41, 5.74) is -1.66. The van der Waals surface area contributed by atoms with Gasteiger partial charge < -0.3 is 10.1 Å². The Balaban J connectivity index is 2.06. The molecule has 0 fully saturated rings. The van der Waals surface area contributed by atoms with Gasteiger partial charge in [-0.25, -0.2) is 14.3 Å². The number of halogens is 3. The van der Waals surface area contributed by atoms with Crippen molar-refractivity contribution in [1.82, 2.24) is 14.6 Å². The molecule has 0 saturated heterocycles. The number of carbonyl (C=O) groups excluding carboxylic acids is 2. The van der Waals surface area contributed by atoms with Crippen LogP contribution in [0.1, 0.15) is 57.9 Å². The zero-order chi connectivity index (χ0) is 22.4. The minimum Gasteiger partial charge on any atom is -0.465 e. The summed E-state index contributed by atoms with van der Waals surface area (Å²) in [7, 11) is 1.21. The summed E-state index contributed by atoms with van der Waals surface area (Å²) in [6.45, 7) is 6.96. The second-order valence-corrected chi connectivity index (χ2v) is 8.88. The summed E-state index contributed by atoms with van der Waals surface area (Å²) in [6, 6.07) is 3.66. The van der Waals surface area contributed by atoms with Gasteiger partial charge in [0.05, 0.1) is 18.4 Å². The monoisotopic (exact) mass is 440 g/mol. The summed E-state index contributed by atoms with van der Waals surface area (Å²) >= 11 is 1.14. The van der Waals surface area contributed by atoms with E-state index in [1.165, 1.54) is 13.2 Å². The molecule has 30 heavy (non-hydrogen) atoms. The Morgan fingerprint density at radius 1 is 1.17 bits per heavy atom. The fourth-order valence-corrected chi connectivity index (χ4v) is 3.60. The number of hydrogen-bond donors (Lipinski definition) is 1. The van der Waals surface area contributed by atoms with Crippen molar-refractivity contribution in [3.05, 3.63) is 45.7 Å². The number of amides is 1. The van der Waals surface area contributed by atoms with Crippen LogP contribution in [0.2, 0.25) is 0 Å². The molecule has 0 aliphatic rings. The Hall–Kier alpha value is -2.95. The van der Waals surface area contributed by atoms with Crippen LogP contribution in [0.3, 0.4) is 0 Å². The predicted molar refractivity (Wildman–Crippen MR) is 105 cm³/mol. The summed E-state index contributed by atoms with van der Waals surface area (Å²) in [5, 5.41) is 6.55. The topological polar surface area (TPSA) is 85.6 Å². The molecular weight excluding hydrogens is 421 g/mol. The van der Waals surface area contributed by atoms with Crippen LogP contribution in [-0.2, 0) is 16.3 Å². The molecule has 11 heteroatoms. The number of carbonyl (C=O) groups is 2. The number of hydrogen-bond acceptors (Lipinski definition) is 6. The fourth-order valence-electron chi connectivity index (χ4n) is 2.71. The number of aryl methyl sites for hydroxylation is 1. The predicted octanol–water partition coefficient (Wildman–Crippen LogP) is 4.45. The summed E-state index contributed by atoms with van der Waals surface area (Å²) < 4.78 is 46.1. The van der Waals surface area contributed by atoms with Gasteiger partial charge in [0.1, 0.15) is 10.7 Å². The lowest BCUT2D eigenvalue weighted by molar-refractivity contribution is -0.142. The summed E-state index contributed by atoms with van der Waals surface area (Å²) in [5.74, 6) is -1.40. The lowest BCUT2D eigenvalue weighted by Crippen LogP contribution is -2.20. The van der Waals surface area contributed by atoms with Gasteiger partial charge in [0.25, 0.3) is 5.91 Å². The SMILES string of the molecule is COC(=O)c1cc(C)sc1NC(=O)c1cc2nc(C(C)(C)C)cc(C(F)(F)F)n2n1. The number of methoxy groups -OCH3 is 1. The number of alkyl halides is 3. The highest BCUT2D eigenvalue weighted by Crippen LogP contribution is 2.33. The van der Waals surface area contributed by atoms with Gasteiger partial charge in [-0.15, -0.1) is 11.3 Å². The third-order valence-electron chi connectivity index (χ3n) is 4.21. The molecule has 1 amide bonds. The molecule has 0 radical (unpaired) electrons. The highest BCUT2D eigenvalue weighted by Gasteiger charge is 2.36. The van der Waals surface area contributed by atoms with E-state index in [4.69, 9.17) is 0 Å². The summed E-state index contributed by atoms with van der Waals surface area (Å²) in [4.78, 5) is 29.5. The van der Waals surface area contributed by atoms with Crippen LogP contribution in [0, 0.1) is 6.92 Å². The number of anilines is 1. The van der Waals surface area contributed by atoms with E-state index in [2.05, 4.69) is 20.1 Å². The average Bonchev–Trinajstić information content (AvgIpc) is 3.21. The van der Waals surface area contributed by atoms with Gasteiger partial charge in [0.2, 0.25) is 0 Å². The molecule has 0 bridgehead atoms. The number of nitrogens with zero attached hydrogens (tertiary/aromatic N) is 3. The number of ether oxygens (including phenoxy) is 1. The number of esters is 1. The Labute approximate surface area is 173 Å². The van der Waals surface area contributed by atoms with Crippen LogP contribution < -0.4 is 5.32 Å². The maximum Gasteiger partial charge on any atom is 0.433 e. The maximum atomic E-state index is 13.6. The molecule has 160 valence electrons. The van der Waals surface area contributed by atoms with E-state index in [9.17, 15) is 22.8 Å². The molecule has 0 aromatic carbocycles. The standard InChI is InChI=1S/C19H19F3N4O3S/c1-9-6-10(17(28)29-5)16(30-9)24-15(27)11-7-14-23-12(18(2,3)4)8-13(19(20,21)22)26(14)25-11/h6-8H,1-5H3,(H,24,27). The second kappa shape index (κ2) is 7.38. The number of aromatic nitrogens is 3. The van der Waals surface area contributed by atoms with E-state index in [1.54, 1.807) is 33.8 Å². The smallest absolute Gasteiger partial charge is 0.433 e. The first-order valence-electron chi connectivity index (χ1n) is 8.80. The van der Waals surface area contributed by atoms with E-state index in [-0.39, 0.29) is 27.6 Å². The molecule has 0 saturated carbocycles. The van der Waals surface area contributed by atoms with E-state index in [0.717, 1.165) is 22.3 Å². The Kier molecular flexibility index (Phi) is 5.35. The van der Waals surface area contributed by atoms with E-state index in [0.29, 0.717) is 4.52 Å². The molecular formula is C19H19F3N4O3S. The molecule has 1 N–H and O–H groups in total. The number of thiophene rings is 1. The molecule has 7 nitrogen and oxygen atoms in total. The lowest BCUT2D eigenvalue weighted by Gasteiger charge is -2.19. The van der Waals surface area contributed by atoms with Crippen LogP contribution >= 0.6 is 11.3 Å². The van der Waals surface area contributed by atoms with Crippen molar-refractivity contribution in [1.29, 1.82) is 0 Å². The van der Waals surface area contributed by atoms with Gasteiger partial charge in [-0.1, -0.05) is 20.8 Å². The second-order valence-electron chi connectivity index (χ2n) is 7.62. The van der Waals surface area contributed by atoms with E-state index in [1.807, 2.05) is 0 Å². The zero-order valence-corrected chi connectivity index (χ0v) is 17.7. The number of rotatable bonds is 3. The van der Waals surface area contributed by atoms with Crippen molar-refractivity contribution < 1.29 is 27.5 Å². The van der Waals surface area contributed by atoms with Crippen LogP contribution in [0.15, 0.2) is 18.2 Å². The van der Waals surface area contributed by atoms with E-state index < -0.39 is 29.2 Å². The van der Waals surface area contributed by atoms with Crippen molar-refractivity contribution in [3.63, 3.8) is 0 Å². The van der Waals surface area contributed by atoms with Gasteiger partial charge in [-0.2, -0.15) is 18.3 Å². The molecule has 3 aromatic rings. The highest BCUT2D eigenvalue weighted by molar-refractivity contribution is 7.16. The van der Waals surface area contributed by atoms with Gasteiger partial charge in [0.15, 0.2) is 11.3 Å². The minimum absolute atomic E-state index is 0.101. The largest absolute Gasteiger partial charge is 0.465 e. The lowest BCUT2D eigenvalue weighted by atomic mass is 9.91. The Morgan fingerprint density at radius 3 is 2.40 bits per heavy atom. The van der Waals surface area contributed by atoms with Crippen molar-refractivity contribution >= 4 is 33.9 Å². The fraction of sp³-hybridized carbons (Fsp3) is 0.368. The van der Waals surface area contributed by atoms with Gasteiger partial charge in [-0.3, -0.25) is 4.79 Å². The quantitative estimate of drug-likeness (QED) is 0.608. The zero-order valence-electron chi connectivity index (χ0n) is 16.8. The number of nitrogens with one attached hydrogen (secondary N) is 1. The molecule has 0 unspecified atom stereocenters. The van der Waals surface area contributed by atoms with Gasteiger partial charge in [-0.05, 0) is 19.1 Å². The average molecular weight is 440 g/mol. The molecule has 3 aromatic heterocycles. The van der Waals surface area contributed by atoms with Crippen LogP contribution in [0.25, 0.3) is 5.65 Å². The third-order valence-corrected chi connectivity index (χ3v) is 5.17.